The van der Waals surface area contributed by atoms with Crippen LogP contribution in [0.4, 0.5) is 0 Å². The van der Waals surface area contributed by atoms with Crippen LogP contribution in [0.15, 0.2) is 0 Å². The normalized spacial score (nSPS) is 11.9. The first-order valence-electron chi connectivity index (χ1n) is 6.37. The molecular formula is C13H23N3OS. The van der Waals surface area contributed by atoms with Crippen molar-refractivity contribution in [1.29, 1.82) is 0 Å². The van der Waals surface area contributed by atoms with E-state index in [9.17, 15) is 4.79 Å². The van der Waals surface area contributed by atoms with Crippen LogP contribution in [-0.2, 0) is 5.41 Å². The summed E-state index contributed by atoms with van der Waals surface area (Å²) in [5.41, 5.74) is 2.91. The largest absolute Gasteiger partial charge is 0.289 e. The summed E-state index contributed by atoms with van der Waals surface area (Å²) in [6.07, 6.45) is 2.08. The average Bonchev–Trinajstić information content (AvgIpc) is 2.74. The third-order valence-corrected chi connectivity index (χ3v) is 4.24. The molecule has 0 bridgehead atoms. The number of amides is 1. The Morgan fingerprint density at radius 3 is 2.33 bits per heavy atom. The molecule has 1 aromatic rings. The van der Waals surface area contributed by atoms with E-state index in [1.165, 1.54) is 11.3 Å². The molecule has 0 fully saturated rings. The first-order chi connectivity index (χ1) is 8.35. The average molecular weight is 269 g/mol. The zero-order chi connectivity index (χ0) is 13.9. The van der Waals surface area contributed by atoms with Gasteiger partial charge in [0.25, 0.3) is 5.91 Å². The summed E-state index contributed by atoms with van der Waals surface area (Å²) in [6.45, 7) is 10.5. The van der Waals surface area contributed by atoms with Gasteiger partial charge in [-0.15, -0.1) is 11.3 Å². The minimum Gasteiger partial charge on any atom is -0.289 e. The summed E-state index contributed by atoms with van der Waals surface area (Å²) < 4.78 is 0. The Morgan fingerprint density at radius 1 is 1.39 bits per heavy atom. The standard InChI is InChI=1S/C13H23N3OS/c1-6-8(7-2)12-15-10(13(3,4)5)9(18-12)11(17)16-14/h8H,6-7,14H2,1-5H3,(H,16,17). The van der Waals surface area contributed by atoms with Crippen LogP contribution in [0, 0.1) is 0 Å². The number of hydrogen-bond donors (Lipinski definition) is 2. The number of nitrogens with one attached hydrogen (secondary N) is 1. The Hall–Kier alpha value is -0.940. The molecule has 0 saturated heterocycles. The zero-order valence-corrected chi connectivity index (χ0v) is 12.6. The second-order valence-electron chi connectivity index (χ2n) is 5.47. The molecule has 0 aliphatic carbocycles. The fourth-order valence-electron chi connectivity index (χ4n) is 1.88. The van der Waals surface area contributed by atoms with Crippen LogP contribution in [-0.4, -0.2) is 10.9 Å². The molecule has 0 aliphatic rings. The molecule has 1 amide bonds. The molecule has 0 saturated carbocycles. The topological polar surface area (TPSA) is 68.0 Å². The van der Waals surface area contributed by atoms with Crippen LogP contribution in [0.5, 0.6) is 0 Å². The van der Waals surface area contributed by atoms with E-state index in [1.807, 2.05) is 0 Å². The Kier molecular flexibility index (Phi) is 4.87. The molecule has 0 atom stereocenters. The molecule has 1 aromatic heterocycles. The Labute approximate surface area is 113 Å². The van der Waals surface area contributed by atoms with Crippen molar-refractivity contribution in [2.75, 3.05) is 0 Å². The van der Waals surface area contributed by atoms with Gasteiger partial charge in [-0.05, 0) is 12.8 Å². The molecule has 18 heavy (non-hydrogen) atoms. The van der Waals surface area contributed by atoms with Gasteiger partial charge in [0.05, 0.1) is 10.7 Å². The summed E-state index contributed by atoms with van der Waals surface area (Å²) >= 11 is 1.47. The lowest BCUT2D eigenvalue weighted by Gasteiger charge is -2.17. The minimum absolute atomic E-state index is 0.150. The van der Waals surface area contributed by atoms with E-state index in [4.69, 9.17) is 10.8 Å². The maximum Gasteiger partial charge on any atom is 0.277 e. The van der Waals surface area contributed by atoms with Gasteiger partial charge in [0, 0.05) is 11.3 Å². The maximum absolute atomic E-state index is 11.8. The van der Waals surface area contributed by atoms with E-state index >= 15 is 0 Å². The van der Waals surface area contributed by atoms with Gasteiger partial charge in [0.2, 0.25) is 0 Å². The highest BCUT2D eigenvalue weighted by Crippen LogP contribution is 2.34. The number of hydrogen-bond acceptors (Lipinski definition) is 4. The Bertz CT molecular complexity index is 416. The van der Waals surface area contributed by atoms with Crippen LogP contribution in [0.3, 0.4) is 0 Å². The van der Waals surface area contributed by atoms with Gasteiger partial charge in [-0.3, -0.25) is 10.2 Å². The number of carbonyl (C=O) groups is 1. The number of rotatable bonds is 4. The van der Waals surface area contributed by atoms with Crippen LogP contribution in [0.2, 0.25) is 0 Å². The lowest BCUT2D eigenvalue weighted by Crippen LogP contribution is -2.31. The molecule has 0 unspecified atom stereocenters. The molecule has 0 radical (unpaired) electrons. The fourth-order valence-corrected chi connectivity index (χ4v) is 3.32. The first-order valence-corrected chi connectivity index (χ1v) is 7.18. The lowest BCUT2D eigenvalue weighted by molar-refractivity contribution is 0.0955. The van der Waals surface area contributed by atoms with Crippen molar-refractivity contribution in [2.45, 2.75) is 58.8 Å². The highest BCUT2D eigenvalue weighted by Gasteiger charge is 2.28. The van der Waals surface area contributed by atoms with Crippen molar-refractivity contribution in [3.05, 3.63) is 15.6 Å². The summed E-state index contributed by atoms with van der Waals surface area (Å²) in [5, 5.41) is 1.04. The number of aromatic nitrogens is 1. The number of thiazole rings is 1. The summed E-state index contributed by atoms with van der Waals surface area (Å²) in [7, 11) is 0. The van der Waals surface area contributed by atoms with Crippen molar-refractivity contribution >= 4 is 17.2 Å². The summed E-state index contributed by atoms with van der Waals surface area (Å²) in [4.78, 5) is 17.2. The van der Waals surface area contributed by atoms with Crippen molar-refractivity contribution in [2.24, 2.45) is 5.84 Å². The van der Waals surface area contributed by atoms with Crippen molar-refractivity contribution < 1.29 is 4.79 Å². The van der Waals surface area contributed by atoms with E-state index in [2.05, 4.69) is 40.0 Å². The molecule has 0 spiro atoms. The molecule has 0 aliphatic heterocycles. The number of nitrogen functional groups attached to an aromatic ring is 1. The highest BCUT2D eigenvalue weighted by atomic mass is 32.1. The van der Waals surface area contributed by atoms with Gasteiger partial charge in [-0.2, -0.15) is 0 Å². The number of carbonyl (C=O) groups excluding carboxylic acids is 1. The van der Waals surface area contributed by atoms with Crippen LogP contribution in [0.25, 0.3) is 0 Å². The predicted molar refractivity (Wildman–Crippen MR) is 75.8 cm³/mol. The van der Waals surface area contributed by atoms with E-state index in [0.29, 0.717) is 10.8 Å². The number of nitrogens with two attached hydrogens (primary N) is 1. The second-order valence-corrected chi connectivity index (χ2v) is 6.50. The van der Waals surface area contributed by atoms with Crippen LogP contribution < -0.4 is 11.3 Å². The SMILES string of the molecule is CCC(CC)c1nc(C(C)(C)C)c(C(=O)NN)s1. The van der Waals surface area contributed by atoms with E-state index in [-0.39, 0.29) is 11.3 Å². The van der Waals surface area contributed by atoms with Gasteiger partial charge in [-0.1, -0.05) is 34.6 Å². The van der Waals surface area contributed by atoms with E-state index < -0.39 is 0 Å². The van der Waals surface area contributed by atoms with Crippen LogP contribution >= 0.6 is 11.3 Å². The van der Waals surface area contributed by atoms with Gasteiger partial charge in [-0.25, -0.2) is 10.8 Å². The molecule has 102 valence electrons. The van der Waals surface area contributed by atoms with Crippen LogP contribution in [0.1, 0.15) is 73.8 Å². The minimum atomic E-state index is -0.241. The monoisotopic (exact) mass is 269 g/mol. The quantitative estimate of drug-likeness (QED) is 0.501. The number of nitrogens with zero attached hydrogens (tertiary/aromatic N) is 1. The van der Waals surface area contributed by atoms with Crippen molar-refractivity contribution in [3.8, 4) is 0 Å². The Morgan fingerprint density at radius 2 is 1.94 bits per heavy atom. The molecule has 4 nitrogen and oxygen atoms in total. The zero-order valence-electron chi connectivity index (χ0n) is 11.8. The highest BCUT2D eigenvalue weighted by molar-refractivity contribution is 7.13. The molecule has 1 rings (SSSR count). The third-order valence-electron chi connectivity index (χ3n) is 3.03. The molecular weight excluding hydrogens is 246 g/mol. The fraction of sp³-hybridized carbons (Fsp3) is 0.692. The molecule has 5 heteroatoms. The van der Waals surface area contributed by atoms with Crippen molar-refractivity contribution in [3.63, 3.8) is 0 Å². The van der Waals surface area contributed by atoms with Crippen molar-refractivity contribution in [1.82, 2.24) is 10.4 Å². The molecule has 0 aromatic carbocycles. The maximum atomic E-state index is 11.8. The second kappa shape index (κ2) is 5.80. The number of hydrazine groups is 1. The predicted octanol–water partition coefficient (Wildman–Crippen LogP) is 2.95. The lowest BCUT2D eigenvalue weighted by atomic mass is 9.91. The third kappa shape index (κ3) is 3.09. The van der Waals surface area contributed by atoms with Gasteiger partial charge in [0.1, 0.15) is 4.88 Å². The van der Waals surface area contributed by atoms with Gasteiger partial charge < -0.3 is 0 Å². The Balaban J connectivity index is 3.27. The summed E-state index contributed by atoms with van der Waals surface area (Å²) in [5.74, 6) is 5.43. The molecule has 3 N–H and O–H groups in total. The summed E-state index contributed by atoms with van der Waals surface area (Å²) in [6, 6.07) is 0. The van der Waals surface area contributed by atoms with Gasteiger partial charge >= 0.3 is 0 Å². The van der Waals surface area contributed by atoms with Gasteiger partial charge in [0.15, 0.2) is 0 Å². The van der Waals surface area contributed by atoms with E-state index in [1.54, 1.807) is 0 Å². The van der Waals surface area contributed by atoms with E-state index in [0.717, 1.165) is 23.5 Å². The first kappa shape index (κ1) is 15.1. The molecule has 1 heterocycles. The smallest absolute Gasteiger partial charge is 0.277 e.